The Morgan fingerprint density at radius 2 is 2.08 bits per heavy atom. The largest absolute Gasteiger partial charge is 0.351 e. The lowest BCUT2D eigenvalue weighted by atomic mass is 10.1. The van der Waals surface area contributed by atoms with Gasteiger partial charge in [0.15, 0.2) is 0 Å². The number of nitrogens with zero attached hydrogens (tertiary/aromatic N) is 2. The molecular weight excluding hydrogens is 326 g/mol. The molecule has 2 heterocycles. The average molecular weight is 348 g/mol. The first-order valence-corrected chi connectivity index (χ1v) is 8.31. The van der Waals surface area contributed by atoms with Crippen molar-refractivity contribution in [2.75, 3.05) is 6.54 Å². The first kappa shape index (κ1) is 17.5. The van der Waals surface area contributed by atoms with Crippen molar-refractivity contribution in [3.05, 3.63) is 52.8 Å². The second kappa shape index (κ2) is 6.92. The topological polar surface area (TPSA) is 59.0 Å². The fourth-order valence-corrected chi connectivity index (χ4v) is 3.10. The van der Waals surface area contributed by atoms with Gasteiger partial charge in [0.25, 0.3) is 5.92 Å². The summed E-state index contributed by atoms with van der Waals surface area (Å²) in [6.07, 6.45) is -0.454. The maximum atomic E-state index is 13.2. The van der Waals surface area contributed by atoms with Crippen LogP contribution in [0.2, 0.25) is 0 Å². The summed E-state index contributed by atoms with van der Waals surface area (Å²) in [5, 5.41) is 9.85. The number of aryl methyl sites for hydroxylation is 1. The molecular formula is C18H22F2N4O. The van der Waals surface area contributed by atoms with E-state index >= 15 is 0 Å². The lowest BCUT2D eigenvalue weighted by Gasteiger charge is -2.11. The molecule has 1 aromatic heterocycles. The number of rotatable bonds is 5. The molecule has 0 spiro atoms. The van der Waals surface area contributed by atoms with E-state index in [-0.39, 0.29) is 6.54 Å². The number of nitrogens with one attached hydrogen (secondary N) is 2. The summed E-state index contributed by atoms with van der Waals surface area (Å²) in [7, 11) is 0. The van der Waals surface area contributed by atoms with Crippen molar-refractivity contribution in [2.45, 2.75) is 45.3 Å². The molecule has 1 fully saturated rings. The van der Waals surface area contributed by atoms with Crippen LogP contribution in [0.25, 0.3) is 0 Å². The van der Waals surface area contributed by atoms with E-state index < -0.39 is 30.8 Å². The molecule has 1 aliphatic heterocycles. The quantitative estimate of drug-likeness (QED) is 0.871. The fraction of sp³-hybridized carbons (Fsp3) is 0.444. The van der Waals surface area contributed by atoms with Crippen molar-refractivity contribution in [3.63, 3.8) is 0 Å². The van der Waals surface area contributed by atoms with E-state index in [1.807, 2.05) is 48.9 Å². The summed E-state index contributed by atoms with van der Waals surface area (Å²) < 4.78 is 28.3. The van der Waals surface area contributed by atoms with Crippen LogP contribution in [0.3, 0.4) is 0 Å². The number of alkyl halides is 2. The SMILES string of the molecule is Cc1nn(Cc2ccccc2)c(C)c1CNC(=O)C1CC(F)(F)CN1. The van der Waals surface area contributed by atoms with Gasteiger partial charge in [0.2, 0.25) is 5.91 Å². The van der Waals surface area contributed by atoms with Crippen LogP contribution in [0.5, 0.6) is 0 Å². The molecule has 1 saturated heterocycles. The minimum atomic E-state index is -2.81. The van der Waals surface area contributed by atoms with Gasteiger partial charge in [-0.25, -0.2) is 8.78 Å². The van der Waals surface area contributed by atoms with Gasteiger partial charge in [0, 0.05) is 24.2 Å². The van der Waals surface area contributed by atoms with Crippen molar-refractivity contribution in [1.29, 1.82) is 0 Å². The molecule has 3 rings (SSSR count). The van der Waals surface area contributed by atoms with Gasteiger partial charge in [-0.3, -0.25) is 14.8 Å². The maximum Gasteiger partial charge on any atom is 0.262 e. The van der Waals surface area contributed by atoms with Gasteiger partial charge in [-0.2, -0.15) is 5.10 Å². The van der Waals surface area contributed by atoms with E-state index in [0.717, 1.165) is 22.5 Å². The summed E-state index contributed by atoms with van der Waals surface area (Å²) in [6, 6.07) is 9.15. The van der Waals surface area contributed by atoms with E-state index in [9.17, 15) is 13.6 Å². The molecule has 5 nitrogen and oxygen atoms in total. The van der Waals surface area contributed by atoms with Gasteiger partial charge < -0.3 is 5.32 Å². The van der Waals surface area contributed by atoms with E-state index in [2.05, 4.69) is 15.7 Å². The number of carbonyl (C=O) groups is 1. The average Bonchev–Trinajstić information content (AvgIpc) is 3.06. The summed E-state index contributed by atoms with van der Waals surface area (Å²) >= 11 is 0. The lowest BCUT2D eigenvalue weighted by molar-refractivity contribution is -0.123. The Kier molecular flexibility index (Phi) is 4.85. The van der Waals surface area contributed by atoms with Crippen molar-refractivity contribution in [1.82, 2.24) is 20.4 Å². The first-order chi connectivity index (χ1) is 11.9. The predicted octanol–water partition coefficient (Wildman–Crippen LogP) is 2.16. The third-order valence-corrected chi connectivity index (χ3v) is 4.57. The van der Waals surface area contributed by atoms with Crippen LogP contribution in [0.4, 0.5) is 8.78 Å². The second-order valence-corrected chi connectivity index (χ2v) is 6.50. The van der Waals surface area contributed by atoms with Crippen LogP contribution in [0.15, 0.2) is 30.3 Å². The highest BCUT2D eigenvalue weighted by Gasteiger charge is 2.42. The highest BCUT2D eigenvalue weighted by molar-refractivity contribution is 5.82. The zero-order valence-corrected chi connectivity index (χ0v) is 14.4. The molecule has 1 atom stereocenters. The van der Waals surface area contributed by atoms with Gasteiger partial charge in [-0.1, -0.05) is 30.3 Å². The molecule has 2 N–H and O–H groups in total. The molecule has 0 aliphatic carbocycles. The zero-order valence-electron chi connectivity index (χ0n) is 14.4. The minimum absolute atomic E-state index is 0.287. The number of aromatic nitrogens is 2. The van der Waals surface area contributed by atoms with Crippen molar-refractivity contribution in [3.8, 4) is 0 Å². The fourth-order valence-electron chi connectivity index (χ4n) is 3.10. The summed E-state index contributed by atoms with van der Waals surface area (Å²) in [5.41, 5.74) is 3.86. The highest BCUT2D eigenvalue weighted by Crippen LogP contribution is 2.25. The Morgan fingerprint density at radius 1 is 1.36 bits per heavy atom. The molecule has 1 aromatic carbocycles. The van der Waals surface area contributed by atoms with E-state index in [4.69, 9.17) is 0 Å². The Bertz CT molecular complexity index is 758. The second-order valence-electron chi connectivity index (χ2n) is 6.50. The molecule has 1 unspecified atom stereocenters. The standard InChI is InChI=1S/C18H22F2N4O/c1-12-15(9-21-17(25)16-8-18(19,20)11-22-16)13(2)24(23-12)10-14-6-4-3-5-7-14/h3-7,16,22H,8-11H2,1-2H3,(H,21,25). The number of hydrogen-bond donors (Lipinski definition) is 2. The molecule has 1 amide bonds. The summed E-state index contributed by atoms with van der Waals surface area (Å²) in [6.45, 7) is 4.33. The zero-order chi connectivity index (χ0) is 18.0. The molecule has 25 heavy (non-hydrogen) atoms. The highest BCUT2D eigenvalue weighted by atomic mass is 19.3. The van der Waals surface area contributed by atoms with Gasteiger partial charge in [-0.05, 0) is 19.4 Å². The number of halogens is 2. The van der Waals surface area contributed by atoms with Crippen LogP contribution in [0, 0.1) is 13.8 Å². The monoisotopic (exact) mass is 348 g/mol. The summed E-state index contributed by atoms with van der Waals surface area (Å²) in [4.78, 5) is 12.1. The molecule has 1 aliphatic rings. The van der Waals surface area contributed by atoms with Crippen LogP contribution in [-0.4, -0.2) is 34.2 Å². The smallest absolute Gasteiger partial charge is 0.262 e. The number of carbonyl (C=O) groups excluding carboxylic acids is 1. The van der Waals surface area contributed by atoms with Gasteiger partial charge in [0.05, 0.1) is 24.8 Å². The van der Waals surface area contributed by atoms with Crippen molar-refractivity contribution >= 4 is 5.91 Å². The van der Waals surface area contributed by atoms with Crippen molar-refractivity contribution < 1.29 is 13.6 Å². The van der Waals surface area contributed by atoms with Crippen LogP contribution in [0.1, 0.15) is 28.9 Å². The Labute approximate surface area is 145 Å². The third kappa shape index (κ3) is 4.04. The molecule has 0 saturated carbocycles. The van der Waals surface area contributed by atoms with E-state index in [1.165, 1.54) is 0 Å². The van der Waals surface area contributed by atoms with Gasteiger partial charge >= 0.3 is 0 Å². The van der Waals surface area contributed by atoms with Crippen LogP contribution >= 0.6 is 0 Å². The molecule has 134 valence electrons. The Morgan fingerprint density at radius 3 is 2.72 bits per heavy atom. The lowest BCUT2D eigenvalue weighted by Crippen LogP contribution is -2.40. The van der Waals surface area contributed by atoms with Gasteiger partial charge in [0.1, 0.15) is 0 Å². The predicted molar refractivity (Wildman–Crippen MR) is 90.4 cm³/mol. The number of benzene rings is 1. The van der Waals surface area contributed by atoms with E-state index in [0.29, 0.717) is 6.54 Å². The molecule has 2 aromatic rings. The summed E-state index contributed by atoms with van der Waals surface area (Å²) in [5.74, 6) is -3.21. The molecule has 7 heteroatoms. The van der Waals surface area contributed by atoms with Crippen LogP contribution in [-0.2, 0) is 17.9 Å². The minimum Gasteiger partial charge on any atom is -0.351 e. The normalized spacial score (nSPS) is 19.1. The Hall–Kier alpha value is -2.28. The van der Waals surface area contributed by atoms with Gasteiger partial charge in [-0.15, -0.1) is 0 Å². The van der Waals surface area contributed by atoms with Crippen LogP contribution < -0.4 is 10.6 Å². The number of hydrogen-bond acceptors (Lipinski definition) is 3. The molecule has 0 radical (unpaired) electrons. The Balaban J connectivity index is 1.64. The van der Waals surface area contributed by atoms with E-state index in [1.54, 1.807) is 0 Å². The van der Waals surface area contributed by atoms with Crippen molar-refractivity contribution in [2.24, 2.45) is 0 Å². The third-order valence-electron chi connectivity index (χ3n) is 4.57. The number of amides is 1. The maximum absolute atomic E-state index is 13.2. The molecule has 0 bridgehead atoms. The first-order valence-electron chi connectivity index (χ1n) is 8.31.